The van der Waals surface area contributed by atoms with E-state index in [4.69, 9.17) is 4.74 Å². The first kappa shape index (κ1) is 19.2. The Kier molecular flexibility index (Phi) is 5.32. The molecular weight excluding hydrogens is 364 g/mol. The van der Waals surface area contributed by atoms with Crippen LogP contribution in [0.1, 0.15) is 27.6 Å². The normalized spacial score (nSPS) is 17.5. The van der Waals surface area contributed by atoms with Gasteiger partial charge in [0.1, 0.15) is 0 Å². The van der Waals surface area contributed by atoms with Crippen molar-refractivity contribution < 1.29 is 14.3 Å². The highest BCUT2D eigenvalue weighted by atomic mass is 16.5. The lowest BCUT2D eigenvalue weighted by Gasteiger charge is -2.32. The molecule has 1 saturated heterocycles. The maximum absolute atomic E-state index is 13.2. The molecule has 5 heteroatoms. The van der Waals surface area contributed by atoms with Crippen LogP contribution in [0.25, 0.3) is 10.8 Å². The third-order valence-corrected chi connectivity index (χ3v) is 5.48. The average molecular weight is 388 g/mol. The van der Waals surface area contributed by atoms with Gasteiger partial charge >= 0.3 is 0 Å². The van der Waals surface area contributed by atoms with Crippen molar-refractivity contribution >= 4 is 28.3 Å². The van der Waals surface area contributed by atoms with Gasteiger partial charge in [0.15, 0.2) is 0 Å². The average Bonchev–Trinajstić information content (AvgIpc) is 2.77. The van der Waals surface area contributed by atoms with Crippen molar-refractivity contribution in [2.45, 2.75) is 6.92 Å². The highest BCUT2D eigenvalue weighted by Gasteiger charge is 2.33. The summed E-state index contributed by atoms with van der Waals surface area (Å²) in [5.41, 5.74) is 3.09. The molecule has 2 aliphatic rings. The van der Waals surface area contributed by atoms with E-state index in [2.05, 4.69) is 11.5 Å². The summed E-state index contributed by atoms with van der Waals surface area (Å²) in [4.78, 5) is 30.0. The molecule has 2 aromatic rings. The SMILES string of the molecule is C=C/C=C\C(=C/C)CN1C(=O)c2cccc3c(N4CCOCC4)ccc(c23)C1=O. The zero-order valence-electron chi connectivity index (χ0n) is 16.6. The van der Waals surface area contributed by atoms with Crippen LogP contribution >= 0.6 is 0 Å². The minimum absolute atomic E-state index is 0.236. The predicted molar refractivity (Wildman–Crippen MR) is 115 cm³/mol. The second-order valence-corrected chi connectivity index (χ2v) is 7.11. The number of benzene rings is 2. The number of nitrogens with zero attached hydrogens (tertiary/aromatic N) is 2. The fourth-order valence-corrected chi connectivity index (χ4v) is 3.97. The first-order valence-corrected chi connectivity index (χ1v) is 9.84. The number of imide groups is 1. The molecule has 29 heavy (non-hydrogen) atoms. The Morgan fingerprint density at radius 1 is 1.10 bits per heavy atom. The number of rotatable bonds is 5. The molecule has 0 saturated carbocycles. The summed E-state index contributed by atoms with van der Waals surface area (Å²) in [5.74, 6) is -0.503. The Balaban J connectivity index is 1.78. The van der Waals surface area contributed by atoms with Crippen molar-refractivity contribution in [2.75, 3.05) is 37.7 Å². The van der Waals surface area contributed by atoms with Gasteiger partial charge in [-0.15, -0.1) is 0 Å². The third kappa shape index (κ3) is 3.38. The van der Waals surface area contributed by atoms with E-state index in [1.807, 2.05) is 49.4 Å². The van der Waals surface area contributed by atoms with Gasteiger partial charge in [0.05, 0.1) is 19.8 Å². The second-order valence-electron chi connectivity index (χ2n) is 7.11. The molecule has 2 amide bonds. The summed E-state index contributed by atoms with van der Waals surface area (Å²) in [6.45, 7) is 8.76. The van der Waals surface area contributed by atoms with Crippen LogP contribution in [-0.2, 0) is 4.74 Å². The molecule has 0 aromatic heterocycles. The van der Waals surface area contributed by atoms with E-state index in [0.717, 1.165) is 35.1 Å². The number of amides is 2. The van der Waals surface area contributed by atoms with Gasteiger partial charge in [-0.2, -0.15) is 0 Å². The molecule has 0 N–H and O–H groups in total. The minimum atomic E-state index is -0.251. The fraction of sp³-hybridized carbons (Fsp3) is 0.250. The zero-order valence-corrected chi connectivity index (χ0v) is 16.6. The molecule has 2 heterocycles. The first-order valence-electron chi connectivity index (χ1n) is 9.84. The van der Waals surface area contributed by atoms with E-state index in [-0.39, 0.29) is 18.4 Å². The van der Waals surface area contributed by atoms with Crippen molar-refractivity contribution in [1.29, 1.82) is 0 Å². The monoisotopic (exact) mass is 388 g/mol. The van der Waals surface area contributed by atoms with Crippen molar-refractivity contribution in [3.8, 4) is 0 Å². The number of hydrogen-bond acceptors (Lipinski definition) is 4. The number of morpholine rings is 1. The van der Waals surface area contributed by atoms with E-state index in [9.17, 15) is 9.59 Å². The molecule has 2 aliphatic heterocycles. The van der Waals surface area contributed by atoms with Crippen LogP contribution in [-0.4, -0.2) is 49.6 Å². The van der Waals surface area contributed by atoms with Gasteiger partial charge in [-0.25, -0.2) is 0 Å². The van der Waals surface area contributed by atoms with E-state index in [1.165, 1.54) is 4.90 Å². The summed E-state index contributed by atoms with van der Waals surface area (Å²) in [6.07, 6.45) is 7.24. The van der Waals surface area contributed by atoms with Crippen LogP contribution in [0.5, 0.6) is 0 Å². The molecule has 0 atom stereocenters. The van der Waals surface area contributed by atoms with Crippen molar-refractivity contribution in [3.05, 3.63) is 77.9 Å². The molecule has 0 radical (unpaired) electrons. The van der Waals surface area contributed by atoms with E-state index in [0.29, 0.717) is 24.3 Å². The summed E-state index contributed by atoms with van der Waals surface area (Å²) in [6, 6.07) is 9.55. The Hall–Kier alpha value is -3.18. The highest BCUT2D eigenvalue weighted by molar-refractivity contribution is 6.26. The summed E-state index contributed by atoms with van der Waals surface area (Å²) < 4.78 is 5.46. The lowest BCUT2D eigenvalue weighted by Crippen LogP contribution is -2.41. The van der Waals surface area contributed by atoms with Gasteiger partial charge < -0.3 is 9.64 Å². The Bertz CT molecular complexity index is 1020. The number of anilines is 1. The van der Waals surface area contributed by atoms with E-state index in [1.54, 1.807) is 12.2 Å². The third-order valence-electron chi connectivity index (χ3n) is 5.48. The van der Waals surface area contributed by atoms with Gasteiger partial charge in [-0.1, -0.05) is 43.0 Å². The molecule has 0 aliphatic carbocycles. The van der Waals surface area contributed by atoms with Crippen LogP contribution in [0.3, 0.4) is 0 Å². The quantitative estimate of drug-likeness (QED) is 0.575. The zero-order chi connectivity index (χ0) is 20.4. The van der Waals surface area contributed by atoms with Gasteiger partial charge in [-0.05, 0) is 30.7 Å². The Morgan fingerprint density at radius 3 is 2.52 bits per heavy atom. The predicted octanol–water partition coefficient (Wildman–Crippen LogP) is 3.96. The van der Waals surface area contributed by atoms with Crippen LogP contribution < -0.4 is 4.90 Å². The summed E-state index contributed by atoms with van der Waals surface area (Å²) >= 11 is 0. The molecule has 148 valence electrons. The Labute approximate surface area is 170 Å². The number of carbonyl (C=O) groups excluding carboxylic acids is 2. The first-order chi connectivity index (χ1) is 14.2. The van der Waals surface area contributed by atoms with E-state index >= 15 is 0 Å². The molecule has 1 fully saturated rings. The van der Waals surface area contributed by atoms with Crippen LogP contribution in [0.15, 0.2) is 66.8 Å². The molecule has 5 nitrogen and oxygen atoms in total. The van der Waals surface area contributed by atoms with Gasteiger partial charge in [0, 0.05) is 40.7 Å². The minimum Gasteiger partial charge on any atom is -0.378 e. The van der Waals surface area contributed by atoms with Crippen molar-refractivity contribution in [1.82, 2.24) is 4.90 Å². The second kappa shape index (κ2) is 8.05. The topological polar surface area (TPSA) is 49.9 Å². The Morgan fingerprint density at radius 2 is 1.83 bits per heavy atom. The molecule has 2 aromatic carbocycles. The number of carbonyl (C=O) groups is 2. The largest absolute Gasteiger partial charge is 0.378 e. The standard InChI is InChI=1S/C24H24N2O3/c1-3-5-7-17(4-2)16-26-23(27)19-9-6-8-18-21(25-12-14-29-15-13-25)11-10-20(22(18)19)24(26)28/h3-11H,1,12-16H2,2H3/b7-5-,17-4+. The van der Waals surface area contributed by atoms with Gasteiger partial charge in [0.2, 0.25) is 0 Å². The molecule has 4 rings (SSSR count). The van der Waals surface area contributed by atoms with Crippen molar-refractivity contribution in [3.63, 3.8) is 0 Å². The summed E-state index contributed by atoms with van der Waals surface area (Å²) in [7, 11) is 0. The lowest BCUT2D eigenvalue weighted by molar-refractivity contribution is 0.0626. The number of hydrogen-bond donors (Lipinski definition) is 0. The van der Waals surface area contributed by atoms with E-state index < -0.39 is 0 Å². The lowest BCUT2D eigenvalue weighted by atomic mass is 9.92. The smallest absolute Gasteiger partial charge is 0.261 e. The summed E-state index contributed by atoms with van der Waals surface area (Å²) in [5, 5.41) is 1.70. The van der Waals surface area contributed by atoms with Gasteiger partial charge in [0.25, 0.3) is 11.8 Å². The molecule has 0 spiro atoms. The molecule has 0 bridgehead atoms. The maximum atomic E-state index is 13.2. The molecule has 0 unspecified atom stereocenters. The number of ether oxygens (including phenoxy) is 1. The molecular formula is C24H24N2O3. The van der Waals surface area contributed by atoms with Crippen LogP contribution in [0, 0.1) is 0 Å². The van der Waals surface area contributed by atoms with Crippen molar-refractivity contribution in [2.24, 2.45) is 0 Å². The van der Waals surface area contributed by atoms with Crippen LogP contribution in [0.4, 0.5) is 5.69 Å². The maximum Gasteiger partial charge on any atom is 0.261 e. The van der Waals surface area contributed by atoms with Crippen LogP contribution in [0.2, 0.25) is 0 Å². The fourth-order valence-electron chi connectivity index (χ4n) is 3.97. The highest BCUT2D eigenvalue weighted by Crippen LogP contribution is 2.36. The van der Waals surface area contributed by atoms with Gasteiger partial charge in [-0.3, -0.25) is 14.5 Å². The number of allylic oxidation sites excluding steroid dienone is 3.